The van der Waals surface area contributed by atoms with Crippen LogP contribution in [-0.2, 0) is 15.7 Å². The number of benzene rings is 1. The average molecular weight is 449 g/mol. The van der Waals surface area contributed by atoms with Crippen molar-refractivity contribution in [2.24, 2.45) is 0 Å². The van der Waals surface area contributed by atoms with Gasteiger partial charge < -0.3 is 20.3 Å². The van der Waals surface area contributed by atoms with E-state index in [1.54, 1.807) is 20.8 Å². The normalized spacial score (nSPS) is 14.5. The van der Waals surface area contributed by atoms with E-state index in [9.17, 15) is 22.8 Å². The Labute approximate surface area is 182 Å². The van der Waals surface area contributed by atoms with Gasteiger partial charge in [-0.2, -0.15) is 18.4 Å². The quantitative estimate of drug-likeness (QED) is 0.742. The van der Waals surface area contributed by atoms with Crippen molar-refractivity contribution in [3.63, 3.8) is 0 Å². The molecule has 1 saturated heterocycles. The molecule has 2 N–H and O–H groups in total. The number of nitrogens with one attached hydrogen (secondary N) is 2. The number of fused-ring (bicyclic) bond motifs is 1. The van der Waals surface area contributed by atoms with Gasteiger partial charge in [-0.15, -0.1) is 0 Å². The van der Waals surface area contributed by atoms with Crippen molar-refractivity contribution in [1.82, 2.24) is 15.2 Å². The summed E-state index contributed by atoms with van der Waals surface area (Å²) < 4.78 is 44.5. The number of pyridine rings is 1. The van der Waals surface area contributed by atoms with E-state index in [2.05, 4.69) is 15.6 Å². The Bertz CT molecular complexity index is 1080. The minimum atomic E-state index is -4.54. The number of alkyl halides is 3. The number of ether oxygens (including phenoxy) is 1. The fraction of sp³-hybridized carbons (Fsp3) is 0.429. The van der Waals surface area contributed by atoms with Crippen molar-refractivity contribution in [2.45, 2.75) is 38.6 Å². The minimum Gasteiger partial charge on any atom is -0.444 e. The van der Waals surface area contributed by atoms with Crippen molar-refractivity contribution in [1.29, 1.82) is 5.26 Å². The molecule has 0 atom stereocenters. The molecule has 1 aliphatic rings. The number of aromatic nitrogens is 1. The molecular weight excluding hydrogens is 427 g/mol. The van der Waals surface area contributed by atoms with Crippen LogP contribution in [0, 0.1) is 11.3 Å². The fourth-order valence-electron chi connectivity index (χ4n) is 3.11. The van der Waals surface area contributed by atoms with Crippen molar-refractivity contribution in [2.75, 3.05) is 25.0 Å². The lowest BCUT2D eigenvalue weighted by atomic mass is 10.1. The lowest BCUT2D eigenvalue weighted by Crippen LogP contribution is -2.62. The molecule has 0 bridgehead atoms. The summed E-state index contributed by atoms with van der Waals surface area (Å²) in [6.07, 6.45) is -5.00. The molecule has 0 radical (unpaired) electrons. The van der Waals surface area contributed by atoms with E-state index >= 15 is 0 Å². The molecule has 32 heavy (non-hydrogen) atoms. The molecule has 0 spiro atoms. The molecule has 0 unspecified atom stereocenters. The van der Waals surface area contributed by atoms with Gasteiger partial charge in [0.25, 0.3) is 0 Å². The van der Waals surface area contributed by atoms with Gasteiger partial charge in [-0.25, -0.2) is 9.78 Å². The van der Waals surface area contributed by atoms with Gasteiger partial charge >= 0.3 is 12.3 Å². The molecule has 1 aliphatic heterocycles. The molecule has 3 rings (SSSR count). The second kappa shape index (κ2) is 8.53. The summed E-state index contributed by atoms with van der Waals surface area (Å²) in [7, 11) is 0. The molecular formula is C21H22F3N5O3. The first kappa shape index (κ1) is 23.1. The lowest BCUT2D eigenvalue weighted by Gasteiger charge is -2.40. The van der Waals surface area contributed by atoms with E-state index in [-0.39, 0.29) is 34.9 Å². The first-order chi connectivity index (χ1) is 14.9. The standard InChI is InChI=1S/C21H22F3N5O3/c1-20(2,3)32-19(31)29-10-14(11-29)28-18(30)9-26-17-7-13(8-25)27-16-5-4-12(6-15(16)17)21(22,23)24/h4-7,14H,9-11H2,1-3H3,(H,26,27)(H,28,30). The number of amides is 2. The first-order valence-electron chi connectivity index (χ1n) is 9.79. The van der Waals surface area contributed by atoms with Crippen LogP contribution in [0.3, 0.4) is 0 Å². The molecule has 2 heterocycles. The van der Waals surface area contributed by atoms with Gasteiger partial charge in [-0.3, -0.25) is 4.79 Å². The van der Waals surface area contributed by atoms with Gasteiger partial charge in [0.2, 0.25) is 5.91 Å². The zero-order valence-electron chi connectivity index (χ0n) is 17.7. The Morgan fingerprint density at radius 3 is 2.53 bits per heavy atom. The maximum atomic E-state index is 13.1. The van der Waals surface area contributed by atoms with E-state index in [4.69, 9.17) is 10.00 Å². The van der Waals surface area contributed by atoms with Gasteiger partial charge in [0, 0.05) is 24.2 Å². The molecule has 1 aromatic heterocycles. The van der Waals surface area contributed by atoms with Gasteiger partial charge in [0.15, 0.2) is 0 Å². The Hall–Kier alpha value is -3.55. The average Bonchev–Trinajstić information content (AvgIpc) is 2.65. The van der Waals surface area contributed by atoms with Crippen LogP contribution in [0.15, 0.2) is 24.3 Å². The van der Waals surface area contributed by atoms with Gasteiger partial charge in [0.05, 0.1) is 23.7 Å². The van der Waals surface area contributed by atoms with Crippen LogP contribution in [-0.4, -0.2) is 53.2 Å². The highest BCUT2D eigenvalue weighted by molar-refractivity contribution is 5.94. The number of nitrogens with zero attached hydrogens (tertiary/aromatic N) is 3. The van der Waals surface area contributed by atoms with E-state index in [0.29, 0.717) is 13.1 Å². The molecule has 2 amide bonds. The number of halogens is 3. The van der Waals surface area contributed by atoms with Crippen LogP contribution < -0.4 is 10.6 Å². The van der Waals surface area contributed by atoms with Crippen molar-refractivity contribution in [3.05, 3.63) is 35.5 Å². The second-order valence-electron chi connectivity index (χ2n) is 8.40. The van der Waals surface area contributed by atoms with Crippen molar-refractivity contribution < 1.29 is 27.5 Å². The van der Waals surface area contributed by atoms with Gasteiger partial charge in [0.1, 0.15) is 17.4 Å². The number of hydrogen-bond donors (Lipinski definition) is 2. The smallest absolute Gasteiger partial charge is 0.416 e. The largest absolute Gasteiger partial charge is 0.444 e. The number of carbonyl (C=O) groups is 2. The summed E-state index contributed by atoms with van der Waals surface area (Å²) >= 11 is 0. The van der Waals surface area contributed by atoms with Crippen LogP contribution in [0.25, 0.3) is 10.9 Å². The highest BCUT2D eigenvalue weighted by Gasteiger charge is 2.34. The summed E-state index contributed by atoms with van der Waals surface area (Å²) in [5.74, 6) is -0.408. The third-order valence-corrected chi connectivity index (χ3v) is 4.59. The van der Waals surface area contributed by atoms with Crippen molar-refractivity contribution >= 4 is 28.6 Å². The Balaban J connectivity index is 1.63. The van der Waals surface area contributed by atoms with Crippen LogP contribution in [0.1, 0.15) is 32.0 Å². The summed E-state index contributed by atoms with van der Waals surface area (Å²) in [6.45, 7) is 5.64. The Kier molecular flexibility index (Phi) is 6.16. The number of carbonyl (C=O) groups excluding carboxylic acids is 2. The third kappa shape index (κ3) is 5.57. The van der Waals surface area contributed by atoms with E-state index in [0.717, 1.165) is 12.1 Å². The predicted octanol–water partition coefficient (Wildman–Crippen LogP) is 3.27. The molecule has 8 nitrogen and oxygen atoms in total. The zero-order chi connectivity index (χ0) is 23.7. The van der Waals surface area contributed by atoms with Gasteiger partial charge in [-0.1, -0.05) is 0 Å². The lowest BCUT2D eigenvalue weighted by molar-refractivity contribution is -0.137. The minimum absolute atomic E-state index is 0.00663. The van der Waals surface area contributed by atoms with Crippen LogP contribution >= 0.6 is 0 Å². The Morgan fingerprint density at radius 1 is 1.25 bits per heavy atom. The summed E-state index contributed by atoms with van der Waals surface area (Å²) in [5, 5.41) is 14.8. The Morgan fingerprint density at radius 2 is 1.94 bits per heavy atom. The number of anilines is 1. The summed E-state index contributed by atoms with van der Waals surface area (Å²) in [6, 6.07) is 5.89. The number of hydrogen-bond acceptors (Lipinski definition) is 6. The van der Waals surface area contributed by atoms with Crippen LogP contribution in [0.2, 0.25) is 0 Å². The topological polar surface area (TPSA) is 107 Å². The molecule has 0 aliphatic carbocycles. The predicted molar refractivity (Wildman–Crippen MR) is 110 cm³/mol. The second-order valence-corrected chi connectivity index (χ2v) is 8.40. The SMILES string of the molecule is CC(C)(C)OC(=O)N1CC(NC(=O)CNc2cc(C#N)nc3ccc(C(F)(F)F)cc23)C1. The van der Waals surface area contributed by atoms with Crippen molar-refractivity contribution in [3.8, 4) is 6.07 Å². The maximum Gasteiger partial charge on any atom is 0.416 e. The fourth-order valence-corrected chi connectivity index (χ4v) is 3.11. The van der Waals surface area contributed by atoms with Crippen LogP contribution in [0.4, 0.5) is 23.7 Å². The summed E-state index contributed by atoms with van der Waals surface area (Å²) in [5.41, 5.74) is -1.08. The third-order valence-electron chi connectivity index (χ3n) is 4.59. The van der Waals surface area contributed by atoms with Crippen LogP contribution in [0.5, 0.6) is 0 Å². The molecule has 0 saturated carbocycles. The number of nitriles is 1. The highest BCUT2D eigenvalue weighted by Crippen LogP contribution is 2.33. The van der Waals surface area contributed by atoms with E-state index in [1.807, 2.05) is 6.07 Å². The molecule has 170 valence electrons. The monoisotopic (exact) mass is 449 g/mol. The summed E-state index contributed by atoms with van der Waals surface area (Å²) in [4.78, 5) is 29.7. The molecule has 2 aromatic rings. The zero-order valence-corrected chi connectivity index (χ0v) is 17.7. The maximum absolute atomic E-state index is 13.1. The molecule has 1 fully saturated rings. The molecule has 11 heteroatoms. The van der Waals surface area contributed by atoms with Gasteiger partial charge in [-0.05, 0) is 45.0 Å². The highest BCUT2D eigenvalue weighted by atomic mass is 19.4. The van der Waals surface area contributed by atoms with E-state index < -0.39 is 29.3 Å². The first-order valence-corrected chi connectivity index (χ1v) is 9.79. The molecule has 1 aromatic carbocycles. The van der Waals surface area contributed by atoms with E-state index in [1.165, 1.54) is 17.0 Å². The number of rotatable bonds is 4. The number of likely N-dealkylation sites (tertiary alicyclic amines) is 1.